The summed E-state index contributed by atoms with van der Waals surface area (Å²) >= 11 is 0. The van der Waals surface area contributed by atoms with E-state index in [1.165, 1.54) is 51.6 Å². The molecule has 5 aliphatic rings. The predicted octanol–water partition coefficient (Wildman–Crippen LogP) is 3.23. The molecular formula is C21H31N3O. The molecule has 4 heteroatoms. The van der Waals surface area contributed by atoms with Gasteiger partial charge in [0.25, 0.3) is 0 Å². The van der Waals surface area contributed by atoms with Gasteiger partial charge in [0, 0.05) is 31.7 Å². The summed E-state index contributed by atoms with van der Waals surface area (Å²) in [5, 5.41) is 9.80. The number of aromatic nitrogens is 1. The highest BCUT2D eigenvalue weighted by molar-refractivity contribution is 5.40. The van der Waals surface area contributed by atoms with Crippen molar-refractivity contribution in [2.24, 2.45) is 17.8 Å². The summed E-state index contributed by atoms with van der Waals surface area (Å²) in [6.45, 7) is 6.27. The van der Waals surface area contributed by atoms with E-state index in [4.69, 9.17) is 0 Å². The molecule has 1 saturated heterocycles. The van der Waals surface area contributed by atoms with Crippen molar-refractivity contribution in [2.75, 3.05) is 31.1 Å². The summed E-state index contributed by atoms with van der Waals surface area (Å²) in [7, 11) is 0. The second-order valence-corrected chi connectivity index (χ2v) is 9.21. The van der Waals surface area contributed by atoms with E-state index < -0.39 is 6.10 Å². The Hall–Kier alpha value is -1.13. The first-order chi connectivity index (χ1) is 12.1. The first-order valence-electron chi connectivity index (χ1n) is 10.3. The maximum Gasteiger partial charge on any atom is 0.129 e. The van der Waals surface area contributed by atoms with Crippen molar-refractivity contribution in [3.05, 3.63) is 23.9 Å². The molecule has 4 bridgehead atoms. The van der Waals surface area contributed by atoms with E-state index >= 15 is 0 Å². The molecule has 1 aliphatic heterocycles. The predicted molar refractivity (Wildman–Crippen MR) is 99.6 cm³/mol. The molecular weight excluding hydrogens is 310 g/mol. The molecule has 4 aliphatic carbocycles. The number of hydrogen-bond acceptors (Lipinski definition) is 4. The molecule has 0 radical (unpaired) electrons. The molecule has 4 saturated carbocycles. The number of anilines is 1. The van der Waals surface area contributed by atoms with Crippen molar-refractivity contribution in [1.82, 2.24) is 9.88 Å². The van der Waals surface area contributed by atoms with Gasteiger partial charge >= 0.3 is 0 Å². The molecule has 1 N–H and O–H groups in total. The maximum atomic E-state index is 9.80. The highest BCUT2D eigenvalue weighted by Gasteiger charge is 2.53. The van der Waals surface area contributed by atoms with Crippen molar-refractivity contribution in [3.63, 3.8) is 0 Å². The summed E-state index contributed by atoms with van der Waals surface area (Å²) < 4.78 is 0. The molecule has 0 amide bonds. The fourth-order valence-corrected chi connectivity index (χ4v) is 6.71. The summed E-state index contributed by atoms with van der Waals surface area (Å²) in [6.07, 6.45) is 8.48. The monoisotopic (exact) mass is 341 g/mol. The van der Waals surface area contributed by atoms with E-state index in [9.17, 15) is 5.11 Å². The number of hydrogen-bond donors (Lipinski definition) is 1. The Morgan fingerprint density at radius 2 is 1.60 bits per heavy atom. The highest BCUT2D eigenvalue weighted by Crippen LogP contribution is 2.57. The van der Waals surface area contributed by atoms with Crippen LogP contribution in [-0.4, -0.2) is 46.7 Å². The van der Waals surface area contributed by atoms with Gasteiger partial charge in [0.2, 0.25) is 0 Å². The zero-order valence-electron chi connectivity index (χ0n) is 15.4. The minimum atomic E-state index is -0.492. The Morgan fingerprint density at radius 1 is 1.00 bits per heavy atom. The van der Waals surface area contributed by atoms with Crippen LogP contribution in [-0.2, 0) is 0 Å². The lowest BCUT2D eigenvalue weighted by Crippen LogP contribution is -2.64. The maximum absolute atomic E-state index is 9.80. The molecule has 1 atom stereocenters. The van der Waals surface area contributed by atoms with Crippen LogP contribution in [0.1, 0.15) is 57.2 Å². The van der Waals surface area contributed by atoms with Crippen LogP contribution in [0.3, 0.4) is 0 Å². The van der Waals surface area contributed by atoms with Crippen molar-refractivity contribution in [3.8, 4) is 0 Å². The van der Waals surface area contributed by atoms with Crippen LogP contribution in [0.4, 0.5) is 5.82 Å². The third-order valence-corrected chi connectivity index (χ3v) is 7.46. The molecule has 6 rings (SSSR count). The lowest BCUT2D eigenvalue weighted by atomic mass is 9.52. The van der Waals surface area contributed by atoms with Crippen molar-refractivity contribution in [2.45, 2.75) is 57.1 Å². The van der Waals surface area contributed by atoms with E-state index in [-0.39, 0.29) is 0 Å². The second-order valence-electron chi connectivity index (χ2n) is 9.21. The third-order valence-electron chi connectivity index (χ3n) is 7.46. The molecule has 1 aromatic rings. The number of piperazine rings is 1. The molecule has 2 heterocycles. The standard InChI is InChI=1S/C21H31N3O/c1-15(25)19-3-2-4-20(22-19)23-5-7-24(8-6-23)21-12-16-9-17(13-21)11-18(10-16)14-21/h2-4,15-18,25H,5-14H2,1H3/t15-,16?,17?,18?,21?/m0/s1. The van der Waals surface area contributed by atoms with Gasteiger partial charge in [-0.15, -0.1) is 0 Å². The van der Waals surface area contributed by atoms with E-state index in [0.717, 1.165) is 42.4 Å². The van der Waals surface area contributed by atoms with Gasteiger partial charge in [0.05, 0.1) is 11.8 Å². The van der Waals surface area contributed by atoms with Gasteiger partial charge in [-0.25, -0.2) is 4.98 Å². The summed E-state index contributed by atoms with van der Waals surface area (Å²) in [6, 6.07) is 6.03. The van der Waals surface area contributed by atoms with Crippen LogP contribution in [0.25, 0.3) is 0 Å². The topological polar surface area (TPSA) is 39.6 Å². The third kappa shape index (κ3) is 2.78. The van der Waals surface area contributed by atoms with Crippen molar-refractivity contribution >= 4 is 5.82 Å². The molecule has 25 heavy (non-hydrogen) atoms. The molecule has 4 nitrogen and oxygen atoms in total. The van der Waals surface area contributed by atoms with Crippen molar-refractivity contribution in [1.29, 1.82) is 0 Å². The summed E-state index contributed by atoms with van der Waals surface area (Å²) in [5.41, 5.74) is 1.32. The summed E-state index contributed by atoms with van der Waals surface area (Å²) in [5.74, 6) is 4.10. The first-order valence-corrected chi connectivity index (χ1v) is 10.3. The smallest absolute Gasteiger partial charge is 0.129 e. The fourth-order valence-electron chi connectivity index (χ4n) is 6.71. The van der Waals surface area contributed by atoms with Crippen LogP contribution >= 0.6 is 0 Å². The van der Waals surface area contributed by atoms with Gasteiger partial charge in [0.1, 0.15) is 5.82 Å². The second kappa shape index (κ2) is 5.95. The van der Waals surface area contributed by atoms with Gasteiger partial charge in [-0.2, -0.15) is 0 Å². The number of pyridine rings is 1. The van der Waals surface area contributed by atoms with Crippen LogP contribution in [0.5, 0.6) is 0 Å². The van der Waals surface area contributed by atoms with E-state index in [1.54, 1.807) is 6.92 Å². The van der Waals surface area contributed by atoms with Gasteiger partial charge in [0.15, 0.2) is 0 Å². The minimum Gasteiger partial charge on any atom is -0.387 e. The molecule has 1 aromatic heterocycles. The van der Waals surface area contributed by atoms with Crippen LogP contribution in [0.2, 0.25) is 0 Å². The lowest BCUT2D eigenvalue weighted by molar-refractivity contribution is -0.0901. The molecule has 0 unspecified atom stereocenters. The normalized spacial score (nSPS) is 39.0. The van der Waals surface area contributed by atoms with Crippen LogP contribution in [0.15, 0.2) is 18.2 Å². The van der Waals surface area contributed by atoms with Gasteiger partial charge in [-0.1, -0.05) is 6.07 Å². The number of nitrogens with zero attached hydrogens (tertiary/aromatic N) is 3. The quantitative estimate of drug-likeness (QED) is 0.916. The van der Waals surface area contributed by atoms with E-state index in [0.29, 0.717) is 5.54 Å². The average Bonchev–Trinajstić information content (AvgIpc) is 2.61. The highest BCUT2D eigenvalue weighted by atomic mass is 16.3. The van der Waals surface area contributed by atoms with Gasteiger partial charge in [-0.05, 0) is 75.3 Å². The largest absolute Gasteiger partial charge is 0.387 e. The minimum absolute atomic E-state index is 0.492. The Morgan fingerprint density at radius 3 is 2.16 bits per heavy atom. The molecule has 0 spiro atoms. The number of aliphatic hydroxyl groups excluding tert-OH is 1. The first kappa shape index (κ1) is 16.1. The molecule has 0 aromatic carbocycles. The van der Waals surface area contributed by atoms with Crippen molar-refractivity contribution < 1.29 is 5.11 Å². The zero-order chi connectivity index (χ0) is 17.0. The fraction of sp³-hybridized carbons (Fsp3) is 0.762. The Balaban J connectivity index is 1.28. The Kier molecular flexibility index (Phi) is 3.83. The van der Waals surface area contributed by atoms with Crippen LogP contribution in [0, 0.1) is 17.8 Å². The van der Waals surface area contributed by atoms with E-state index in [1.807, 2.05) is 12.1 Å². The summed E-state index contributed by atoms with van der Waals surface area (Å²) in [4.78, 5) is 9.93. The molecule has 5 fully saturated rings. The lowest BCUT2D eigenvalue weighted by Gasteiger charge is -2.61. The van der Waals surface area contributed by atoms with Gasteiger partial charge in [-0.3, -0.25) is 4.90 Å². The van der Waals surface area contributed by atoms with Gasteiger partial charge < -0.3 is 10.0 Å². The zero-order valence-corrected chi connectivity index (χ0v) is 15.4. The number of aliphatic hydroxyl groups is 1. The van der Waals surface area contributed by atoms with E-state index in [2.05, 4.69) is 20.9 Å². The average molecular weight is 341 g/mol. The number of rotatable bonds is 3. The Bertz CT molecular complexity index is 600. The molecule has 136 valence electrons. The SMILES string of the molecule is C[C@H](O)c1cccc(N2CCN(C34CC5CC(CC(C5)C3)C4)CC2)n1. The Labute approximate surface area is 151 Å². The van der Waals surface area contributed by atoms with Crippen LogP contribution < -0.4 is 4.90 Å².